The van der Waals surface area contributed by atoms with E-state index in [-0.39, 0.29) is 18.9 Å². The van der Waals surface area contributed by atoms with Crippen molar-refractivity contribution in [1.82, 2.24) is 14.5 Å². The molecule has 0 saturated carbocycles. The second kappa shape index (κ2) is 5.73. The number of aromatic nitrogens is 2. The molecule has 1 aromatic carbocycles. The van der Waals surface area contributed by atoms with Gasteiger partial charge in [-0.3, -0.25) is 9.59 Å². The van der Waals surface area contributed by atoms with Crippen LogP contribution in [0.5, 0.6) is 0 Å². The van der Waals surface area contributed by atoms with Crippen LogP contribution in [-0.2, 0) is 9.59 Å². The number of hydrogen-bond acceptors (Lipinski definition) is 3. The number of aliphatic carboxylic acids is 1. The summed E-state index contributed by atoms with van der Waals surface area (Å²) >= 11 is 0. The molecule has 0 bridgehead atoms. The quantitative estimate of drug-likeness (QED) is 0.898. The summed E-state index contributed by atoms with van der Waals surface area (Å²) in [6, 6.07) is 7.17. The van der Waals surface area contributed by atoms with Gasteiger partial charge in [-0.2, -0.15) is 0 Å². The number of likely N-dealkylation sites (N-methyl/N-ethyl adjacent to an activating group) is 1. The smallest absolute Gasteiger partial charge is 0.305 e. The Morgan fingerprint density at radius 2 is 2.10 bits per heavy atom. The summed E-state index contributed by atoms with van der Waals surface area (Å²) < 4.78 is 1.80. The van der Waals surface area contributed by atoms with Crippen LogP contribution in [-0.4, -0.2) is 45.0 Å². The largest absolute Gasteiger partial charge is 0.481 e. The van der Waals surface area contributed by atoms with E-state index < -0.39 is 12.0 Å². The molecule has 1 unspecified atom stereocenters. The van der Waals surface area contributed by atoms with Gasteiger partial charge < -0.3 is 14.6 Å². The predicted molar refractivity (Wildman–Crippen MR) is 74.3 cm³/mol. The van der Waals surface area contributed by atoms with E-state index in [4.69, 9.17) is 5.11 Å². The molecule has 0 aliphatic rings. The fraction of sp³-hybridized carbons (Fsp3) is 0.357. The molecule has 0 fully saturated rings. The molecule has 1 amide bonds. The minimum atomic E-state index is -0.912. The van der Waals surface area contributed by atoms with Gasteiger partial charge in [0.1, 0.15) is 6.04 Å². The maximum absolute atomic E-state index is 12.3. The molecule has 2 rings (SSSR count). The number of fused-ring (bicyclic) bond motifs is 1. The van der Waals surface area contributed by atoms with Gasteiger partial charge in [0, 0.05) is 13.6 Å². The van der Waals surface area contributed by atoms with Gasteiger partial charge in [0.25, 0.3) is 0 Å². The first-order valence-corrected chi connectivity index (χ1v) is 6.39. The number of carbonyl (C=O) groups excluding carboxylic acids is 1. The molecule has 0 aliphatic carbocycles. The summed E-state index contributed by atoms with van der Waals surface area (Å²) in [5.74, 6) is -1.04. The third-order valence-electron chi connectivity index (χ3n) is 3.29. The third kappa shape index (κ3) is 2.79. The highest BCUT2D eigenvalue weighted by atomic mass is 16.4. The van der Waals surface area contributed by atoms with Gasteiger partial charge >= 0.3 is 5.97 Å². The first-order chi connectivity index (χ1) is 9.50. The highest BCUT2D eigenvalue weighted by Crippen LogP contribution is 2.18. The van der Waals surface area contributed by atoms with Gasteiger partial charge in [-0.15, -0.1) is 0 Å². The van der Waals surface area contributed by atoms with E-state index >= 15 is 0 Å². The zero-order chi connectivity index (χ0) is 14.7. The van der Waals surface area contributed by atoms with E-state index in [1.807, 2.05) is 24.3 Å². The van der Waals surface area contributed by atoms with Crippen LogP contribution in [0.2, 0.25) is 0 Å². The monoisotopic (exact) mass is 275 g/mol. The van der Waals surface area contributed by atoms with Crippen LogP contribution in [0, 0.1) is 0 Å². The first kappa shape index (κ1) is 14.0. The summed E-state index contributed by atoms with van der Waals surface area (Å²) in [4.78, 5) is 28.5. The summed E-state index contributed by atoms with van der Waals surface area (Å²) in [5, 5.41) is 8.65. The van der Waals surface area contributed by atoms with Crippen molar-refractivity contribution in [3.8, 4) is 0 Å². The molecule has 0 aliphatic heterocycles. The molecular formula is C14H17N3O3. The van der Waals surface area contributed by atoms with Crippen LogP contribution in [0.25, 0.3) is 11.0 Å². The highest BCUT2D eigenvalue weighted by Gasteiger charge is 2.20. The normalized spacial score (nSPS) is 12.3. The lowest BCUT2D eigenvalue weighted by molar-refractivity contribution is -0.138. The Hall–Kier alpha value is -2.37. The van der Waals surface area contributed by atoms with E-state index in [1.54, 1.807) is 24.9 Å². The Labute approximate surface area is 116 Å². The fourth-order valence-electron chi connectivity index (χ4n) is 2.10. The Morgan fingerprint density at radius 1 is 1.40 bits per heavy atom. The zero-order valence-corrected chi connectivity index (χ0v) is 11.5. The Balaban J connectivity index is 2.16. The van der Waals surface area contributed by atoms with E-state index in [1.165, 1.54) is 4.90 Å². The van der Waals surface area contributed by atoms with Crippen molar-refractivity contribution in [3.05, 3.63) is 30.6 Å². The van der Waals surface area contributed by atoms with Crippen molar-refractivity contribution in [2.24, 2.45) is 0 Å². The molecule has 0 spiro atoms. The Bertz CT molecular complexity index is 635. The lowest BCUT2D eigenvalue weighted by Gasteiger charge is -2.22. The summed E-state index contributed by atoms with van der Waals surface area (Å²) in [7, 11) is 1.61. The van der Waals surface area contributed by atoms with Crippen LogP contribution < -0.4 is 0 Å². The average molecular weight is 275 g/mol. The fourth-order valence-corrected chi connectivity index (χ4v) is 2.10. The van der Waals surface area contributed by atoms with Crippen molar-refractivity contribution < 1.29 is 14.7 Å². The van der Waals surface area contributed by atoms with Gasteiger partial charge in [-0.1, -0.05) is 12.1 Å². The van der Waals surface area contributed by atoms with E-state index in [0.717, 1.165) is 11.0 Å². The maximum atomic E-state index is 12.3. The number of carboxylic acids is 1. The minimum Gasteiger partial charge on any atom is -0.481 e. The molecule has 1 heterocycles. The molecule has 1 N–H and O–H groups in total. The zero-order valence-electron chi connectivity index (χ0n) is 11.5. The molecule has 0 radical (unpaired) electrons. The van der Waals surface area contributed by atoms with Crippen LogP contribution in [0.3, 0.4) is 0 Å². The van der Waals surface area contributed by atoms with Gasteiger partial charge in [0.2, 0.25) is 5.91 Å². The van der Waals surface area contributed by atoms with Crippen molar-refractivity contribution in [2.45, 2.75) is 19.4 Å². The molecule has 20 heavy (non-hydrogen) atoms. The lowest BCUT2D eigenvalue weighted by atomic mass is 10.2. The standard InChI is InChI=1S/C14H17N3O3/c1-10(14(20)16(2)8-7-13(18)19)17-9-15-11-5-3-4-6-12(11)17/h3-6,9-10H,7-8H2,1-2H3,(H,18,19). The van der Waals surface area contributed by atoms with E-state index in [0.29, 0.717) is 0 Å². The van der Waals surface area contributed by atoms with Crippen molar-refractivity contribution in [3.63, 3.8) is 0 Å². The topological polar surface area (TPSA) is 75.4 Å². The highest BCUT2D eigenvalue weighted by molar-refractivity contribution is 5.83. The average Bonchev–Trinajstić information content (AvgIpc) is 2.87. The van der Waals surface area contributed by atoms with Crippen molar-refractivity contribution in [1.29, 1.82) is 0 Å². The molecular weight excluding hydrogens is 258 g/mol. The third-order valence-corrected chi connectivity index (χ3v) is 3.29. The SMILES string of the molecule is CC(C(=O)N(C)CCC(=O)O)n1cnc2ccccc21. The maximum Gasteiger partial charge on any atom is 0.305 e. The van der Waals surface area contributed by atoms with Gasteiger partial charge in [-0.05, 0) is 19.1 Å². The molecule has 6 nitrogen and oxygen atoms in total. The number of hydrogen-bond donors (Lipinski definition) is 1. The van der Waals surface area contributed by atoms with Crippen molar-refractivity contribution in [2.75, 3.05) is 13.6 Å². The number of para-hydroxylation sites is 2. The number of carbonyl (C=O) groups is 2. The van der Waals surface area contributed by atoms with Gasteiger partial charge in [0.05, 0.1) is 23.8 Å². The second-order valence-electron chi connectivity index (χ2n) is 4.72. The number of benzene rings is 1. The molecule has 6 heteroatoms. The lowest BCUT2D eigenvalue weighted by Crippen LogP contribution is -2.34. The van der Waals surface area contributed by atoms with Crippen LogP contribution in [0.15, 0.2) is 30.6 Å². The number of nitrogens with zero attached hydrogens (tertiary/aromatic N) is 3. The number of amides is 1. The van der Waals surface area contributed by atoms with Crippen LogP contribution >= 0.6 is 0 Å². The summed E-state index contributed by atoms with van der Waals surface area (Å²) in [6.45, 7) is 1.98. The molecule has 1 atom stereocenters. The van der Waals surface area contributed by atoms with E-state index in [9.17, 15) is 9.59 Å². The Morgan fingerprint density at radius 3 is 2.80 bits per heavy atom. The van der Waals surface area contributed by atoms with Crippen molar-refractivity contribution >= 4 is 22.9 Å². The van der Waals surface area contributed by atoms with E-state index in [2.05, 4.69) is 4.98 Å². The number of rotatable bonds is 5. The molecule has 0 saturated heterocycles. The van der Waals surface area contributed by atoms with Crippen LogP contribution in [0.1, 0.15) is 19.4 Å². The van der Waals surface area contributed by atoms with Gasteiger partial charge in [0.15, 0.2) is 0 Å². The molecule has 2 aromatic rings. The first-order valence-electron chi connectivity index (χ1n) is 6.39. The second-order valence-corrected chi connectivity index (χ2v) is 4.72. The molecule has 106 valence electrons. The van der Waals surface area contributed by atoms with Gasteiger partial charge in [-0.25, -0.2) is 4.98 Å². The summed E-state index contributed by atoms with van der Waals surface area (Å²) in [5.41, 5.74) is 1.72. The number of imidazole rings is 1. The molecule has 1 aromatic heterocycles. The summed E-state index contributed by atoms with van der Waals surface area (Å²) in [6.07, 6.45) is 1.58. The Kier molecular flexibility index (Phi) is 4.02. The minimum absolute atomic E-state index is 0.0559. The number of carboxylic acid groups (broad SMARTS) is 1. The predicted octanol–water partition coefficient (Wildman–Crippen LogP) is 1.53. The van der Waals surface area contributed by atoms with Crippen LogP contribution in [0.4, 0.5) is 0 Å².